The number of rotatable bonds is 5. The van der Waals surface area contributed by atoms with Crippen LogP contribution in [0.15, 0.2) is 30.3 Å². The van der Waals surface area contributed by atoms with Gasteiger partial charge in [-0.2, -0.15) is 4.98 Å². The number of hydrogen-bond donors (Lipinski definition) is 2. The molecule has 0 atom stereocenters. The molecule has 0 radical (unpaired) electrons. The van der Waals surface area contributed by atoms with Gasteiger partial charge in [0.05, 0.1) is 23.9 Å². The van der Waals surface area contributed by atoms with E-state index in [0.29, 0.717) is 28.2 Å². The Labute approximate surface area is 129 Å². The van der Waals surface area contributed by atoms with Crippen LogP contribution in [0, 0.1) is 0 Å². The van der Waals surface area contributed by atoms with Crippen molar-refractivity contribution in [1.82, 2.24) is 4.98 Å². The molecule has 0 amide bonds. The largest absolute Gasteiger partial charge is 0.495 e. The molecule has 0 unspecified atom stereocenters. The van der Waals surface area contributed by atoms with Gasteiger partial charge >= 0.3 is 0 Å². The highest BCUT2D eigenvalue weighted by atomic mass is 35.5. The van der Waals surface area contributed by atoms with Crippen LogP contribution >= 0.6 is 11.6 Å². The molecule has 0 aliphatic heterocycles. The molecule has 21 heavy (non-hydrogen) atoms. The number of nitrogens with zero attached hydrogens (tertiary/aromatic N) is 1. The number of anilines is 3. The van der Waals surface area contributed by atoms with E-state index in [1.54, 1.807) is 31.4 Å². The van der Waals surface area contributed by atoms with Gasteiger partial charge in [0, 0.05) is 5.69 Å². The molecular weight excluding hydrogens is 290 g/mol. The first-order valence-corrected chi connectivity index (χ1v) is 6.91. The molecule has 5 nitrogen and oxygen atoms in total. The highest BCUT2D eigenvalue weighted by molar-refractivity contribution is 6.32. The Morgan fingerprint density at radius 1 is 1.24 bits per heavy atom. The van der Waals surface area contributed by atoms with E-state index in [4.69, 9.17) is 26.8 Å². The highest BCUT2D eigenvalue weighted by Crippen LogP contribution is 2.29. The Kier molecular flexibility index (Phi) is 4.75. The van der Waals surface area contributed by atoms with Crippen LogP contribution in [0.2, 0.25) is 5.02 Å². The fourth-order valence-electron chi connectivity index (χ4n) is 1.73. The summed E-state index contributed by atoms with van der Waals surface area (Å²) in [6.07, 6.45) is 0.00507. The number of methoxy groups -OCH3 is 1. The lowest BCUT2D eigenvalue weighted by molar-refractivity contribution is 0.234. The zero-order valence-corrected chi connectivity index (χ0v) is 12.9. The molecule has 0 bridgehead atoms. The summed E-state index contributed by atoms with van der Waals surface area (Å²) in [5.41, 5.74) is 7.14. The molecule has 2 aromatic rings. The van der Waals surface area contributed by atoms with E-state index in [2.05, 4.69) is 10.3 Å². The summed E-state index contributed by atoms with van der Waals surface area (Å²) < 4.78 is 10.7. The molecule has 0 aliphatic carbocycles. The van der Waals surface area contributed by atoms with E-state index in [0.717, 1.165) is 5.69 Å². The van der Waals surface area contributed by atoms with Crippen molar-refractivity contribution in [2.45, 2.75) is 20.0 Å². The number of nitrogen functional groups attached to an aromatic ring is 1. The van der Waals surface area contributed by atoms with E-state index in [1.165, 1.54) is 0 Å². The SMILES string of the molecule is COc1ccc(Nc2ccc(N)c(OC(C)C)n2)cc1Cl. The van der Waals surface area contributed by atoms with Crippen molar-refractivity contribution >= 4 is 28.8 Å². The van der Waals surface area contributed by atoms with Crippen molar-refractivity contribution in [2.24, 2.45) is 0 Å². The topological polar surface area (TPSA) is 69.4 Å². The van der Waals surface area contributed by atoms with Gasteiger partial charge in [0.25, 0.3) is 0 Å². The third-order valence-electron chi connectivity index (χ3n) is 2.66. The van der Waals surface area contributed by atoms with E-state index in [1.807, 2.05) is 19.9 Å². The average molecular weight is 308 g/mol. The fraction of sp³-hybridized carbons (Fsp3) is 0.267. The summed E-state index contributed by atoms with van der Waals surface area (Å²) in [6, 6.07) is 8.93. The lowest BCUT2D eigenvalue weighted by atomic mass is 10.3. The van der Waals surface area contributed by atoms with Gasteiger partial charge in [-0.15, -0.1) is 0 Å². The molecule has 3 N–H and O–H groups in total. The summed E-state index contributed by atoms with van der Waals surface area (Å²) in [5.74, 6) is 1.66. The molecule has 2 rings (SSSR count). The number of nitrogens with one attached hydrogen (secondary N) is 1. The molecule has 1 heterocycles. The molecule has 112 valence electrons. The van der Waals surface area contributed by atoms with Crippen LogP contribution in [-0.4, -0.2) is 18.2 Å². The quantitative estimate of drug-likeness (QED) is 0.878. The van der Waals surface area contributed by atoms with Crippen LogP contribution in [0.5, 0.6) is 11.6 Å². The summed E-state index contributed by atoms with van der Waals surface area (Å²) >= 11 is 6.09. The Morgan fingerprint density at radius 3 is 2.62 bits per heavy atom. The predicted molar refractivity (Wildman–Crippen MR) is 85.7 cm³/mol. The summed E-state index contributed by atoms with van der Waals surface area (Å²) in [6.45, 7) is 3.84. The van der Waals surface area contributed by atoms with Crippen molar-refractivity contribution in [3.05, 3.63) is 35.4 Å². The highest BCUT2D eigenvalue weighted by Gasteiger charge is 2.08. The van der Waals surface area contributed by atoms with Gasteiger partial charge < -0.3 is 20.5 Å². The maximum atomic E-state index is 6.09. The Bertz CT molecular complexity index is 632. The number of benzene rings is 1. The second-order valence-corrected chi connectivity index (χ2v) is 5.14. The van der Waals surface area contributed by atoms with Crippen molar-refractivity contribution in [3.8, 4) is 11.6 Å². The monoisotopic (exact) mass is 307 g/mol. The maximum Gasteiger partial charge on any atom is 0.239 e. The number of hydrogen-bond acceptors (Lipinski definition) is 5. The number of nitrogens with two attached hydrogens (primary N) is 1. The standard InChI is InChI=1S/C15H18ClN3O2/c1-9(2)21-15-12(17)5-7-14(19-15)18-10-4-6-13(20-3)11(16)8-10/h4-9H,17H2,1-3H3,(H,18,19). The van der Waals surface area contributed by atoms with Crippen molar-refractivity contribution in [2.75, 3.05) is 18.2 Å². The molecule has 6 heteroatoms. The first kappa shape index (κ1) is 15.3. The van der Waals surface area contributed by atoms with Gasteiger partial charge in [0.15, 0.2) is 0 Å². The number of aromatic nitrogens is 1. The van der Waals surface area contributed by atoms with Crippen molar-refractivity contribution in [1.29, 1.82) is 0 Å². The second kappa shape index (κ2) is 6.54. The lowest BCUT2D eigenvalue weighted by Crippen LogP contribution is -2.09. The zero-order valence-electron chi connectivity index (χ0n) is 12.2. The molecule has 1 aromatic heterocycles. The van der Waals surface area contributed by atoms with Crippen LogP contribution in [0.4, 0.5) is 17.2 Å². The molecular formula is C15H18ClN3O2. The second-order valence-electron chi connectivity index (χ2n) is 4.73. The molecule has 0 saturated heterocycles. The molecule has 0 saturated carbocycles. The van der Waals surface area contributed by atoms with Gasteiger partial charge in [-0.1, -0.05) is 11.6 Å². The van der Waals surface area contributed by atoms with Gasteiger partial charge in [-0.25, -0.2) is 0 Å². The maximum absolute atomic E-state index is 6.09. The number of ether oxygens (including phenoxy) is 2. The third kappa shape index (κ3) is 3.92. The number of pyridine rings is 1. The molecule has 0 aliphatic rings. The molecule has 1 aromatic carbocycles. The minimum Gasteiger partial charge on any atom is -0.495 e. The summed E-state index contributed by atoms with van der Waals surface area (Å²) in [7, 11) is 1.57. The van der Waals surface area contributed by atoms with Crippen molar-refractivity contribution < 1.29 is 9.47 Å². The van der Waals surface area contributed by atoms with Crippen LogP contribution in [0.3, 0.4) is 0 Å². The Hall–Kier alpha value is -2.14. The lowest BCUT2D eigenvalue weighted by Gasteiger charge is -2.13. The van der Waals surface area contributed by atoms with E-state index in [9.17, 15) is 0 Å². The van der Waals surface area contributed by atoms with Crippen LogP contribution < -0.4 is 20.5 Å². The smallest absolute Gasteiger partial charge is 0.239 e. The van der Waals surface area contributed by atoms with E-state index >= 15 is 0 Å². The predicted octanol–water partition coefficient (Wildman–Crippen LogP) is 3.86. The van der Waals surface area contributed by atoms with Crippen LogP contribution in [0.1, 0.15) is 13.8 Å². The molecule has 0 spiro atoms. The minimum atomic E-state index is 0.00507. The fourth-order valence-corrected chi connectivity index (χ4v) is 1.99. The first-order valence-electron chi connectivity index (χ1n) is 6.53. The summed E-state index contributed by atoms with van der Waals surface area (Å²) in [5, 5.41) is 3.67. The average Bonchev–Trinajstić information content (AvgIpc) is 2.42. The third-order valence-corrected chi connectivity index (χ3v) is 2.96. The summed E-state index contributed by atoms with van der Waals surface area (Å²) in [4.78, 5) is 4.35. The van der Waals surface area contributed by atoms with Crippen molar-refractivity contribution in [3.63, 3.8) is 0 Å². The number of halogens is 1. The van der Waals surface area contributed by atoms with Gasteiger partial charge in [0.1, 0.15) is 11.6 Å². The first-order chi connectivity index (χ1) is 9.99. The van der Waals surface area contributed by atoms with E-state index in [-0.39, 0.29) is 6.10 Å². The van der Waals surface area contributed by atoms with Crippen LogP contribution in [0.25, 0.3) is 0 Å². The van der Waals surface area contributed by atoms with Gasteiger partial charge in [-0.3, -0.25) is 0 Å². The van der Waals surface area contributed by atoms with Gasteiger partial charge in [-0.05, 0) is 44.2 Å². The van der Waals surface area contributed by atoms with Crippen LogP contribution in [-0.2, 0) is 0 Å². The normalized spacial score (nSPS) is 10.5. The van der Waals surface area contributed by atoms with Gasteiger partial charge in [0.2, 0.25) is 5.88 Å². The van der Waals surface area contributed by atoms with E-state index < -0.39 is 0 Å². The Balaban J connectivity index is 2.21. The Morgan fingerprint density at radius 2 is 2.00 bits per heavy atom. The minimum absolute atomic E-state index is 0.00507. The molecule has 0 fully saturated rings. The zero-order chi connectivity index (χ0) is 15.4.